The summed E-state index contributed by atoms with van der Waals surface area (Å²) in [7, 11) is 0. The zero-order chi connectivity index (χ0) is 20.0. The van der Waals surface area contributed by atoms with E-state index in [4.69, 9.17) is 0 Å². The first-order valence-electron chi connectivity index (χ1n) is 10.6. The number of alkyl halides is 3. The molecule has 2 aliphatic carbocycles. The zero-order valence-corrected chi connectivity index (χ0v) is 16.6. The van der Waals surface area contributed by atoms with Crippen LogP contribution < -0.4 is 4.74 Å². The van der Waals surface area contributed by atoms with Crippen molar-refractivity contribution in [3.63, 3.8) is 0 Å². The van der Waals surface area contributed by atoms with Crippen LogP contribution in [0.1, 0.15) is 69.8 Å². The third-order valence-electron chi connectivity index (χ3n) is 6.29. The SMILES string of the molecule is CC=CC1CCC(C=CC2CCC(c3ccc(OC(F)(F)F)cc3)CC2)CC1. The predicted molar refractivity (Wildman–Crippen MR) is 107 cm³/mol. The van der Waals surface area contributed by atoms with Gasteiger partial charge < -0.3 is 4.74 Å². The molecule has 3 rings (SSSR count). The van der Waals surface area contributed by atoms with Crippen LogP contribution in [0.4, 0.5) is 13.2 Å². The molecule has 0 amide bonds. The first-order valence-corrected chi connectivity index (χ1v) is 10.6. The number of hydrogen-bond acceptors (Lipinski definition) is 1. The van der Waals surface area contributed by atoms with E-state index in [2.05, 4.69) is 36.0 Å². The number of ether oxygens (including phenoxy) is 1. The standard InChI is InChI=1S/C24H31F3O/c1-2-3-18-4-6-19(7-5-18)8-9-20-10-12-21(13-11-20)22-14-16-23(17-15-22)28-24(25,26)27/h2-3,8-9,14-21H,4-7,10-13H2,1H3. The summed E-state index contributed by atoms with van der Waals surface area (Å²) in [6.07, 6.45) is 14.5. The molecule has 28 heavy (non-hydrogen) atoms. The van der Waals surface area contributed by atoms with Crippen LogP contribution in [0, 0.1) is 17.8 Å². The molecule has 4 heteroatoms. The van der Waals surface area contributed by atoms with Gasteiger partial charge in [-0.15, -0.1) is 13.2 Å². The van der Waals surface area contributed by atoms with E-state index in [9.17, 15) is 13.2 Å². The zero-order valence-electron chi connectivity index (χ0n) is 16.6. The Kier molecular flexibility index (Phi) is 7.25. The summed E-state index contributed by atoms with van der Waals surface area (Å²) in [5.41, 5.74) is 1.12. The maximum absolute atomic E-state index is 12.3. The van der Waals surface area contributed by atoms with Gasteiger partial charge in [0.1, 0.15) is 5.75 Å². The fraction of sp³-hybridized carbons (Fsp3) is 0.583. The van der Waals surface area contributed by atoms with Crippen LogP contribution in [-0.4, -0.2) is 6.36 Å². The molecule has 0 radical (unpaired) electrons. The quantitative estimate of drug-likeness (QED) is 0.465. The molecule has 0 aromatic heterocycles. The number of allylic oxidation sites excluding steroid dienone is 4. The first-order chi connectivity index (χ1) is 13.4. The van der Waals surface area contributed by atoms with Gasteiger partial charge in [-0.3, -0.25) is 0 Å². The van der Waals surface area contributed by atoms with Crippen molar-refractivity contribution in [3.05, 3.63) is 54.1 Å². The van der Waals surface area contributed by atoms with Gasteiger partial charge in [-0.05, 0) is 99.7 Å². The van der Waals surface area contributed by atoms with Crippen molar-refractivity contribution in [1.29, 1.82) is 0 Å². The van der Waals surface area contributed by atoms with Crippen molar-refractivity contribution in [2.24, 2.45) is 17.8 Å². The van der Waals surface area contributed by atoms with E-state index in [1.807, 2.05) is 0 Å². The number of benzene rings is 1. The summed E-state index contributed by atoms with van der Waals surface area (Å²) in [6, 6.07) is 6.42. The predicted octanol–water partition coefficient (Wildman–Crippen LogP) is 7.80. The van der Waals surface area contributed by atoms with Crippen LogP contribution in [0.2, 0.25) is 0 Å². The largest absolute Gasteiger partial charge is 0.573 e. The molecule has 1 aromatic carbocycles. The van der Waals surface area contributed by atoms with Crippen molar-refractivity contribution in [2.45, 2.75) is 70.6 Å². The molecule has 0 aliphatic heterocycles. The Morgan fingerprint density at radius 3 is 1.68 bits per heavy atom. The molecule has 154 valence electrons. The minimum absolute atomic E-state index is 0.142. The van der Waals surface area contributed by atoms with Gasteiger partial charge >= 0.3 is 6.36 Å². The topological polar surface area (TPSA) is 9.23 Å². The van der Waals surface area contributed by atoms with Crippen LogP contribution in [0.5, 0.6) is 5.75 Å². The third-order valence-corrected chi connectivity index (χ3v) is 6.29. The minimum atomic E-state index is -4.63. The van der Waals surface area contributed by atoms with Gasteiger partial charge in [-0.1, -0.05) is 36.4 Å². The van der Waals surface area contributed by atoms with Gasteiger partial charge in [0.25, 0.3) is 0 Å². The molecule has 1 aromatic rings. The van der Waals surface area contributed by atoms with Gasteiger partial charge in [-0.2, -0.15) is 0 Å². The lowest BCUT2D eigenvalue weighted by atomic mass is 9.77. The molecule has 0 bridgehead atoms. The van der Waals surface area contributed by atoms with Gasteiger partial charge in [0.15, 0.2) is 0 Å². The Hall–Kier alpha value is -1.71. The average molecular weight is 393 g/mol. The van der Waals surface area contributed by atoms with Crippen LogP contribution in [0.3, 0.4) is 0 Å². The molecule has 0 heterocycles. The second kappa shape index (κ2) is 9.67. The van der Waals surface area contributed by atoms with E-state index in [1.54, 1.807) is 12.1 Å². The Labute approximate surface area is 166 Å². The van der Waals surface area contributed by atoms with Crippen molar-refractivity contribution >= 4 is 0 Å². The summed E-state index contributed by atoms with van der Waals surface area (Å²) >= 11 is 0. The van der Waals surface area contributed by atoms with Crippen molar-refractivity contribution in [1.82, 2.24) is 0 Å². The Bertz CT molecular complexity index is 643. The molecule has 2 fully saturated rings. The van der Waals surface area contributed by atoms with E-state index in [0.29, 0.717) is 11.8 Å². The number of halogens is 3. The summed E-state index contributed by atoms with van der Waals surface area (Å²) in [6.45, 7) is 2.10. The summed E-state index contributed by atoms with van der Waals surface area (Å²) < 4.78 is 40.8. The van der Waals surface area contributed by atoms with Crippen LogP contribution in [0.25, 0.3) is 0 Å². The molecule has 0 atom stereocenters. The fourth-order valence-corrected chi connectivity index (χ4v) is 4.70. The molecule has 0 spiro atoms. The molecule has 2 saturated carbocycles. The highest BCUT2D eigenvalue weighted by molar-refractivity contribution is 5.30. The Morgan fingerprint density at radius 2 is 1.21 bits per heavy atom. The van der Waals surface area contributed by atoms with E-state index >= 15 is 0 Å². The molecular formula is C24H31F3O. The molecule has 2 aliphatic rings. The lowest BCUT2D eigenvalue weighted by Crippen LogP contribution is -2.17. The first kappa shape index (κ1) is 21.0. The van der Waals surface area contributed by atoms with E-state index in [0.717, 1.165) is 43.1 Å². The second-order valence-corrected chi connectivity index (χ2v) is 8.31. The summed E-state index contributed by atoms with van der Waals surface area (Å²) in [4.78, 5) is 0. The van der Waals surface area contributed by atoms with Crippen LogP contribution >= 0.6 is 0 Å². The van der Waals surface area contributed by atoms with Gasteiger partial charge in [0.2, 0.25) is 0 Å². The number of hydrogen-bond donors (Lipinski definition) is 0. The molecule has 0 saturated heterocycles. The number of rotatable bonds is 5. The average Bonchev–Trinajstić information content (AvgIpc) is 2.68. The smallest absolute Gasteiger partial charge is 0.406 e. The highest BCUT2D eigenvalue weighted by Crippen LogP contribution is 2.38. The fourth-order valence-electron chi connectivity index (χ4n) is 4.70. The summed E-state index contributed by atoms with van der Waals surface area (Å²) in [5, 5.41) is 0. The second-order valence-electron chi connectivity index (χ2n) is 8.31. The highest BCUT2D eigenvalue weighted by Gasteiger charge is 2.31. The van der Waals surface area contributed by atoms with Crippen molar-refractivity contribution in [2.75, 3.05) is 0 Å². The van der Waals surface area contributed by atoms with Gasteiger partial charge in [0, 0.05) is 0 Å². The lowest BCUT2D eigenvalue weighted by molar-refractivity contribution is -0.274. The van der Waals surface area contributed by atoms with Crippen LogP contribution in [0.15, 0.2) is 48.6 Å². The molecule has 0 unspecified atom stereocenters. The van der Waals surface area contributed by atoms with Crippen LogP contribution in [-0.2, 0) is 0 Å². The third kappa shape index (κ3) is 6.42. The maximum atomic E-state index is 12.3. The Balaban J connectivity index is 1.43. The van der Waals surface area contributed by atoms with Gasteiger partial charge in [-0.25, -0.2) is 0 Å². The van der Waals surface area contributed by atoms with Gasteiger partial charge in [0.05, 0.1) is 0 Å². The van der Waals surface area contributed by atoms with E-state index in [1.165, 1.54) is 37.8 Å². The maximum Gasteiger partial charge on any atom is 0.573 e. The highest BCUT2D eigenvalue weighted by atomic mass is 19.4. The van der Waals surface area contributed by atoms with Crippen molar-refractivity contribution < 1.29 is 17.9 Å². The molecule has 0 N–H and O–H groups in total. The minimum Gasteiger partial charge on any atom is -0.406 e. The van der Waals surface area contributed by atoms with E-state index < -0.39 is 6.36 Å². The monoisotopic (exact) mass is 392 g/mol. The van der Waals surface area contributed by atoms with E-state index in [-0.39, 0.29) is 5.75 Å². The normalized spacial score (nSPS) is 29.4. The molecule has 1 nitrogen and oxygen atoms in total. The van der Waals surface area contributed by atoms with Crippen molar-refractivity contribution in [3.8, 4) is 5.75 Å². The molecular weight excluding hydrogens is 361 g/mol. The summed E-state index contributed by atoms with van der Waals surface area (Å²) in [5.74, 6) is 2.47. The Morgan fingerprint density at radius 1 is 0.750 bits per heavy atom. The lowest BCUT2D eigenvalue weighted by Gasteiger charge is -2.28.